The zero-order chi connectivity index (χ0) is 25.7. The van der Waals surface area contributed by atoms with Gasteiger partial charge in [0.15, 0.2) is 0 Å². The first kappa shape index (κ1) is 26.9. The second kappa shape index (κ2) is 10.9. The first-order valence-electron chi connectivity index (χ1n) is 10.7. The molecule has 0 spiro atoms. The van der Waals surface area contributed by atoms with Gasteiger partial charge in [-0.05, 0) is 48.7 Å². The summed E-state index contributed by atoms with van der Waals surface area (Å²) in [5.41, 5.74) is -1.52. The van der Waals surface area contributed by atoms with Crippen molar-refractivity contribution in [1.82, 2.24) is 9.62 Å². The van der Waals surface area contributed by atoms with Gasteiger partial charge in [0, 0.05) is 19.1 Å². The van der Waals surface area contributed by atoms with Crippen molar-refractivity contribution in [3.63, 3.8) is 0 Å². The van der Waals surface area contributed by atoms with E-state index in [2.05, 4.69) is 4.72 Å². The third kappa shape index (κ3) is 7.14. The molecule has 1 heterocycles. The second-order valence-electron chi connectivity index (χ2n) is 8.07. The number of hydrogen-bond donors (Lipinski definition) is 1. The number of nitrogens with one attached hydrogen (secondary N) is 1. The van der Waals surface area contributed by atoms with Gasteiger partial charge in [-0.3, -0.25) is 4.90 Å². The summed E-state index contributed by atoms with van der Waals surface area (Å²) < 4.78 is 93.6. The second-order valence-corrected chi connectivity index (χ2v) is 11.8. The Kier molecular flexibility index (Phi) is 8.38. The molecular weight excluding hydrogens is 503 g/mol. The summed E-state index contributed by atoms with van der Waals surface area (Å²) in [6, 6.07) is 11.5. The van der Waals surface area contributed by atoms with Crippen molar-refractivity contribution >= 4 is 25.9 Å². The number of alkyl halides is 3. The SMILES string of the molecule is N#CCN1CCC(NS(=O)(=O)CC=Cc2cc(S(=O)(=O)c3ccccc3)ccc2C(F)(F)F)CC1. The van der Waals surface area contributed by atoms with E-state index in [-0.39, 0.29) is 22.4 Å². The summed E-state index contributed by atoms with van der Waals surface area (Å²) in [7, 11) is -7.89. The van der Waals surface area contributed by atoms with Crippen LogP contribution < -0.4 is 4.72 Å². The van der Waals surface area contributed by atoms with Crippen LogP contribution in [-0.2, 0) is 26.0 Å². The van der Waals surface area contributed by atoms with Gasteiger partial charge in [0.2, 0.25) is 19.9 Å². The Balaban J connectivity index is 1.78. The molecule has 1 saturated heterocycles. The first-order chi connectivity index (χ1) is 16.4. The molecule has 0 radical (unpaired) electrons. The van der Waals surface area contributed by atoms with Gasteiger partial charge in [0.1, 0.15) is 0 Å². The van der Waals surface area contributed by atoms with Crippen LogP contribution in [0.15, 0.2) is 64.4 Å². The molecule has 2 aromatic rings. The van der Waals surface area contributed by atoms with E-state index in [9.17, 15) is 30.0 Å². The van der Waals surface area contributed by atoms with Crippen molar-refractivity contribution in [2.75, 3.05) is 25.4 Å². The largest absolute Gasteiger partial charge is 0.416 e. The third-order valence-corrected chi connectivity index (χ3v) is 8.62. The van der Waals surface area contributed by atoms with Crippen molar-refractivity contribution in [2.24, 2.45) is 0 Å². The average molecular weight is 528 g/mol. The van der Waals surface area contributed by atoms with E-state index in [1.165, 1.54) is 24.3 Å². The maximum absolute atomic E-state index is 13.5. The Morgan fingerprint density at radius 1 is 1.03 bits per heavy atom. The lowest BCUT2D eigenvalue weighted by Gasteiger charge is -2.30. The highest BCUT2D eigenvalue weighted by molar-refractivity contribution is 7.91. The van der Waals surface area contributed by atoms with Crippen LogP contribution in [0.3, 0.4) is 0 Å². The molecule has 35 heavy (non-hydrogen) atoms. The number of nitrogens with zero attached hydrogens (tertiary/aromatic N) is 2. The number of hydrogen-bond acceptors (Lipinski definition) is 6. The minimum atomic E-state index is -4.76. The lowest BCUT2D eigenvalue weighted by molar-refractivity contribution is -0.137. The molecule has 3 rings (SSSR count). The van der Waals surface area contributed by atoms with E-state index in [1.54, 1.807) is 6.07 Å². The summed E-state index contributed by atoms with van der Waals surface area (Å²) in [5.74, 6) is -0.571. The summed E-state index contributed by atoms with van der Waals surface area (Å²) in [6.07, 6.45) is -1.69. The minimum absolute atomic E-state index is 0.0673. The van der Waals surface area contributed by atoms with Crippen LogP contribution >= 0.6 is 0 Å². The van der Waals surface area contributed by atoms with Crippen LogP contribution in [0.25, 0.3) is 6.08 Å². The molecule has 188 valence electrons. The number of sulfone groups is 1. The van der Waals surface area contributed by atoms with Gasteiger partial charge < -0.3 is 0 Å². The summed E-state index contributed by atoms with van der Waals surface area (Å²) in [6.45, 7) is 1.39. The molecule has 0 aromatic heterocycles. The molecular formula is C23H24F3N3O4S2. The standard InChI is InChI=1S/C23H24F3N3O4S2/c24-23(25,26)22-9-8-21(35(32,33)20-6-2-1-3-7-20)17-18(22)5-4-16-34(30,31)28-19-10-13-29(14-11-19)15-12-27/h1-9,17,19,28H,10-11,13-16H2. The van der Waals surface area contributed by atoms with E-state index in [1.807, 2.05) is 11.0 Å². The number of rotatable bonds is 8. The predicted molar refractivity (Wildman–Crippen MR) is 124 cm³/mol. The van der Waals surface area contributed by atoms with Gasteiger partial charge in [-0.15, -0.1) is 0 Å². The van der Waals surface area contributed by atoms with Crippen LogP contribution in [0.4, 0.5) is 13.2 Å². The first-order valence-corrected chi connectivity index (χ1v) is 13.8. The molecule has 1 N–H and O–H groups in total. The Bertz CT molecular complexity index is 1310. The zero-order valence-corrected chi connectivity index (χ0v) is 20.2. The molecule has 1 aliphatic rings. The lowest BCUT2D eigenvalue weighted by Crippen LogP contribution is -2.45. The van der Waals surface area contributed by atoms with Crippen molar-refractivity contribution in [3.8, 4) is 6.07 Å². The monoisotopic (exact) mass is 527 g/mol. The van der Waals surface area contributed by atoms with Crippen LogP contribution in [0.2, 0.25) is 0 Å². The fourth-order valence-corrected chi connectivity index (χ4v) is 6.26. The number of benzene rings is 2. The average Bonchev–Trinajstić information content (AvgIpc) is 2.80. The van der Waals surface area contributed by atoms with Crippen molar-refractivity contribution in [2.45, 2.75) is 34.9 Å². The van der Waals surface area contributed by atoms with Gasteiger partial charge in [0.05, 0.1) is 33.7 Å². The smallest absolute Gasteiger partial charge is 0.290 e. The van der Waals surface area contributed by atoms with E-state index < -0.39 is 42.9 Å². The van der Waals surface area contributed by atoms with Crippen LogP contribution in [0, 0.1) is 11.3 Å². The highest BCUT2D eigenvalue weighted by atomic mass is 32.2. The minimum Gasteiger partial charge on any atom is -0.290 e. The number of nitriles is 1. The van der Waals surface area contributed by atoms with Gasteiger partial charge >= 0.3 is 6.18 Å². The number of halogens is 3. The summed E-state index contributed by atoms with van der Waals surface area (Å²) in [4.78, 5) is 1.50. The van der Waals surface area contributed by atoms with Gasteiger partial charge in [-0.2, -0.15) is 18.4 Å². The summed E-state index contributed by atoms with van der Waals surface area (Å²) in [5, 5.41) is 8.74. The molecule has 0 bridgehead atoms. The third-order valence-electron chi connectivity index (χ3n) is 5.53. The zero-order valence-electron chi connectivity index (χ0n) is 18.6. The Morgan fingerprint density at radius 3 is 2.29 bits per heavy atom. The Morgan fingerprint density at radius 2 is 1.69 bits per heavy atom. The van der Waals surface area contributed by atoms with Gasteiger partial charge in [-0.1, -0.05) is 30.4 Å². The van der Waals surface area contributed by atoms with E-state index in [0.29, 0.717) is 32.0 Å². The number of sulfonamides is 1. The Labute approximate surface area is 202 Å². The number of piperidine rings is 1. The van der Waals surface area contributed by atoms with Crippen LogP contribution in [0.5, 0.6) is 0 Å². The van der Waals surface area contributed by atoms with Gasteiger partial charge in [-0.25, -0.2) is 21.6 Å². The number of likely N-dealkylation sites (tertiary alicyclic amines) is 1. The van der Waals surface area contributed by atoms with Crippen LogP contribution in [-0.4, -0.2) is 53.2 Å². The van der Waals surface area contributed by atoms with Crippen LogP contribution in [0.1, 0.15) is 24.0 Å². The van der Waals surface area contributed by atoms with Crippen molar-refractivity contribution in [1.29, 1.82) is 5.26 Å². The maximum Gasteiger partial charge on any atom is 0.416 e. The predicted octanol–water partition coefficient (Wildman–Crippen LogP) is 3.46. The molecule has 0 atom stereocenters. The maximum atomic E-state index is 13.5. The fourth-order valence-electron chi connectivity index (χ4n) is 3.75. The molecule has 1 aliphatic heterocycles. The molecule has 0 unspecified atom stereocenters. The van der Waals surface area contributed by atoms with E-state index in [4.69, 9.17) is 5.26 Å². The van der Waals surface area contributed by atoms with E-state index in [0.717, 1.165) is 24.3 Å². The molecule has 0 amide bonds. The quantitative estimate of drug-likeness (QED) is 0.527. The normalized spacial score (nSPS) is 16.4. The Hall–Kier alpha value is -2.72. The molecule has 0 saturated carbocycles. The summed E-state index contributed by atoms with van der Waals surface area (Å²) >= 11 is 0. The van der Waals surface area contributed by atoms with Gasteiger partial charge in [0.25, 0.3) is 0 Å². The molecule has 0 aliphatic carbocycles. The van der Waals surface area contributed by atoms with Crippen molar-refractivity contribution in [3.05, 3.63) is 65.7 Å². The lowest BCUT2D eigenvalue weighted by atomic mass is 10.1. The fraction of sp³-hybridized carbons (Fsp3) is 0.348. The molecule has 12 heteroatoms. The molecule has 2 aromatic carbocycles. The highest BCUT2D eigenvalue weighted by Gasteiger charge is 2.33. The molecule has 7 nitrogen and oxygen atoms in total. The van der Waals surface area contributed by atoms with E-state index >= 15 is 0 Å². The topological polar surface area (TPSA) is 107 Å². The molecule has 1 fully saturated rings. The highest BCUT2D eigenvalue weighted by Crippen LogP contribution is 2.35. The van der Waals surface area contributed by atoms with Crippen molar-refractivity contribution < 1.29 is 30.0 Å².